The Morgan fingerprint density at radius 3 is 2.45 bits per heavy atom. The van der Waals surface area contributed by atoms with Gasteiger partial charge in [0.25, 0.3) is 0 Å². The molecule has 0 saturated carbocycles. The van der Waals surface area contributed by atoms with Crippen molar-refractivity contribution in [3.05, 3.63) is 0 Å². The van der Waals surface area contributed by atoms with E-state index in [0.717, 1.165) is 6.42 Å². The fraction of sp³-hybridized carbons (Fsp3) is 1.00. The summed E-state index contributed by atoms with van der Waals surface area (Å²) in [6.07, 6.45) is 2.14. The molecule has 0 radical (unpaired) electrons. The molecule has 68 valence electrons. The molecule has 1 atom stereocenters. The first-order chi connectivity index (χ1) is 4.95. The predicted octanol–water partition coefficient (Wildman–Crippen LogP) is 1.07. The quantitative estimate of drug-likeness (QED) is 0.674. The minimum atomic E-state index is -3.29. The maximum Gasteiger partial charge on any atom is 0.209 e. The number of primary sulfonamides is 1. The molecule has 0 heterocycles. The van der Waals surface area contributed by atoms with Crippen molar-refractivity contribution in [2.45, 2.75) is 31.6 Å². The lowest BCUT2D eigenvalue weighted by atomic mass is 10.2. The van der Waals surface area contributed by atoms with Crippen molar-refractivity contribution in [1.29, 1.82) is 0 Å². The molecule has 0 aromatic heterocycles. The highest BCUT2D eigenvalue weighted by Crippen LogP contribution is 2.09. The van der Waals surface area contributed by atoms with Gasteiger partial charge in [-0.25, -0.2) is 13.6 Å². The van der Waals surface area contributed by atoms with Crippen LogP contribution < -0.4 is 5.14 Å². The first kappa shape index (κ1) is 11.2. The van der Waals surface area contributed by atoms with Crippen molar-refractivity contribution in [3.8, 4) is 0 Å². The molecule has 1 unspecified atom stereocenters. The maximum absolute atomic E-state index is 10.4. The molecule has 0 spiro atoms. The lowest BCUT2D eigenvalue weighted by molar-refractivity contribution is 0.591. The van der Waals surface area contributed by atoms with Crippen LogP contribution in [0.4, 0.5) is 0 Å². The van der Waals surface area contributed by atoms with Gasteiger partial charge in [0.2, 0.25) is 10.0 Å². The summed E-state index contributed by atoms with van der Waals surface area (Å²) in [6.45, 7) is 1.97. The Kier molecular flexibility index (Phi) is 5.04. The lowest BCUT2D eigenvalue weighted by Gasteiger charge is -2.03. The zero-order chi connectivity index (χ0) is 8.91. The first-order valence-corrected chi connectivity index (χ1v) is 5.75. The van der Waals surface area contributed by atoms with Gasteiger partial charge in [0.15, 0.2) is 0 Å². The summed E-state index contributed by atoms with van der Waals surface area (Å²) in [5.41, 5.74) is 0. The zero-order valence-corrected chi connectivity index (χ0v) is 8.16. The number of sulfonamides is 1. The van der Waals surface area contributed by atoms with Crippen LogP contribution in [-0.4, -0.2) is 19.5 Å². The summed E-state index contributed by atoms with van der Waals surface area (Å²) in [7, 11) is -3.29. The summed E-state index contributed by atoms with van der Waals surface area (Å²) in [4.78, 5) is 0. The smallest absolute Gasteiger partial charge is 0.209 e. The second kappa shape index (κ2) is 4.95. The Labute approximate surface area is 73.0 Å². The molecule has 0 amide bonds. The van der Waals surface area contributed by atoms with Crippen LogP contribution in [0.25, 0.3) is 0 Å². The molecule has 0 saturated heterocycles. The molecule has 0 aliphatic carbocycles. The minimum absolute atomic E-state index is 0.0379. The molecule has 0 fully saturated rings. The van der Waals surface area contributed by atoms with Gasteiger partial charge in [-0.05, 0) is 19.3 Å². The van der Waals surface area contributed by atoms with Crippen LogP contribution in [0.3, 0.4) is 0 Å². The van der Waals surface area contributed by atoms with Gasteiger partial charge in [0.05, 0.1) is 5.75 Å². The molecule has 0 rings (SSSR count). The molecule has 5 heteroatoms. The van der Waals surface area contributed by atoms with Gasteiger partial charge in [0.1, 0.15) is 0 Å². The van der Waals surface area contributed by atoms with E-state index in [-0.39, 0.29) is 11.1 Å². The third kappa shape index (κ3) is 8.10. The molecular weight excluding hydrogens is 186 g/mol. The normalized spacial score (nSPS) is 14.8. The van der Waals surface area contributed by atoms with E-state index in [1.807, 2.05) is 6.92 Å². The number of hydrogen-bond donors (Lipinski definition) is 1. The Morgan fingerprint density at radius 1 is 1.55 bits per heavy atom. The summed E-state index contributed by atoms with van der Waals surface area (Å²) in [5, 5.41) is 4.87. The van der Waals surface area contributed by atoms with Crippen LogP contribution >= 0.6 is 11.6 Å². The Hall–Kier alpha value is 0.200. The van der Waals surface area contributed by atoms with E-state index >= 15 is 0 Å². The number of alkyl halides is 1. The highest BCUT2D eigenvalue weighted by atomic mass is 35.5. The molecule has 0 aromatic rings. The monoisotopic (exact) mass is 199 g/mol. The van der Waals surface area contributed by atoms with Gasteiger partial charge in [-0.1, -0.05) is 6.92 Å². The van der Waals surface area contributed by atoms with E-state index in [1.165, 1.54) is 0 Å². The SMILES string of the molecule is CCC(Cl)CCCS(N)(=O)=O. The first-order valence-electron chi connectivity index (χ1n) is 3.60. The van der Waals surface area contributed by atoms with Crippen molar-refractivity contribution in [2.75, 3.05) is 5.75 Å². The van der Waals surface area contributed by atoms with Crippen LogP contribution in [0, 0.1) is 0 Å². The van der Waals surface area contributed by atoms with Crippen molar-refractivity contribution >= 4 is 21.6 Å². The van der Waals surface area contributed by atoms with E-state index < -0.39 is 10.0 Å². The Bertz CT molecular complexity index is 191. The summed E-state index contributed by atoms with van der Waals surface area (Å²) in [5.74, 6) is 0.0379. The van der Waals surface area contributed by atoms with Gasteiger partial charge in [-0.2, -0.15) is 0 Å². The van der Waals surface area contributed by atoms with E-state index in [0.29, 0.717) is 12.8 Å². The van der Waals surface area contributed by atoms with E-state index in [2.05, 4.69) is 0 Å². The van der Waals surface area contributed by atoms with Crippen LogP contribution in [-0.2, 0) is 10.0 Å². The molecular formula is C6H14ClNO2S. The number of halogens is 1. The van der Waals surface area contributed by atoms with Crippen molar-refractivity contribution < 1.29 is 8.42 Å². The van der Waals surface area contributed by atoms with Crippen molar-refractivity contribution in [1.82, 2.24) is 0 Å². The molecule has 0 aliphatic rings. The van der Waals surface area contributed by atoms with Gasteiger partial charge in [-0.15, -0.1) is 11.6 Å². The third-order valence-electron chi connectivity index (χ3n) is 1.39. The van der Waals surface area contributed by atoms with Crippen LogP contribution in [0.2, 0.25) is 0 Å². The summed E-state index contributed by atoms with van der Waals surface area (Å²) >= 11 is 5.76. The topological polar surface area (TPSA) is 60.2 Å². The fourth-order valence-electron chi connectivity index (χ4n) is 0.710. The maximum atomic E-state index is 10.4. The summed E-state index contributed by atoms with van der Waals surface area (Å²) in [6, 6.07) is 0. The Balaban J connectivity index is 3.43. The average molecular weight is 200 g/mol. The molecule has 0 aliphatic heterocycles. The Morgan fingerprint density at radius 2 is 2.09 bits per heavy atom. The largest absolute Gasteiger partial charge is 0.229 e. The van der Waals surface area contributed by atoms with Crippen molar-refractivity contribution in [2.24, 2.45) is 5.14 Å². The van der Waals surface area contributed by atoms with Gasteiger partial charge in [0, 0.05) is 5.38 Å². The number of nitrogens with two attached hydrogens (primary N) is 1. The zero-order valence-electron chi connectivity index (χ0n) is 6.59. The number of hydrogen-bond acceptors (Lipinski definition) is 2. The van der Waals surface area contributed by atoms with Gasteiger partial charge < -0.3 is 0 Å². The molecule has 0 aromatic carbocycles. The van der Waals surface area contributed by atoms with Crippen LogP contribution in [0.5, 0.6) is 0 Å². The number of rotatable bonds is 5. The lowest BCUT2D eigenvalue weighted by Crippen LogP contribution is -2.17. The van der Waals surface area contributed by atoms with E-state index in [1.54, 1.807) is 0 Å². The van der Waals surface area contributed by atoms with Gasteiger partial charge >= 0.3 is 0 Å². The predicted molar refractivity (Wildman–Crippen MR) is 47.1 cm³/mol. The third-order valence-corrected chi connectivity index (χ3v) is 2.77. The molecule has 0 bridgehead atoms. The minimum Gasteiger partial charge on any atom is -0.229 e. The second-order valence-electron chi connectivity index (χ2n) is 2.51. The van der Waals surface area contributed by atoms with Crippen LogP contribution in [0.15, 0.2) is 0 Å². The molecule has 3 nitrogen and oxygen atoms in total. The standard InChI is InChI=1S/C6H14ClNO2S/c1-2-6(7)4-3-5-11(8,9)10/h6H,2-5H2,1H3,(H2,8,9,10). The van der Waals surface area contributed by atoms with Crippen molar-refractivity contribution in [3.63, 3.8) is 0 Å². The highest BCUT2D eigenvalue weighted by Gasteiger charge is 2.05. The second-order valence-corrected chi connectivity index (χ2v) is 4.87. The molecule has 2 N–H and O–H groups in total. The average Bonchev–Trinajstić information content (AvgIpc) is 1.85. The highest BCUT2D eigenvalue weighted by molar-refractivity contribution is 7.89. The van der Waals surface area contributed by atoms with E-state index in [9.17, 15) is 8.42 Å². The molecule has 11 heavy (non-hydrogen) atoms. The van der Waals surface area contributed by atoms with E-state index in [4.69, 9.17) is 16.7 Å². The summed E-state index contributed by atoms with van der Waals surface area (Å²) < 4.78 is 20.9. The van der Waals surface area contributed by atoms with Crippen LogP contribution in [0.1, 0.15) is 26.2 Å². The fourth-order valence-corrected chi connectivity index (χ4v) is 1.43. The van der Waals surface area contributed by atoms with Gasteiger partial charge in [-0.3, -0.25) is 0 Å².